The van der Waals surface area contributed by atoms with E-state index >= 15 is 0 Å². The second-order valence-corrected chi connectivity index (χ2v) is 11.4. The van der Waals surface area contributed by atoms with E-state index in [1.807, 2.05) is 0 Å². The highest BCUT2D eigenvalue weighted by molar-refractivity contribution is 5.99. The number of likely N-dealkylation sites (tertiary alicyclic amines) is 1. The Bertz CT molecular complexity index is 1170. The lowest BCUT2D eigenvalue weighted by molar-refractivity contribution is -0.142. The predicted octanol–water partition coefficient (Wildman–Crippen LogP) is 4.10. The number of nitrogens with one attached hydrogen (secondary N) is 2. The molecule has 10 heteroatoms. The summed E-state index contributed by atoms with van der Waals surface area (Å²) in [4.78, 5) is 47.8. The SMILES string of the molecule is N[C@H](CF)C1CCC(C(=O)N2CC[C@@H](C3CCCCC3)[C@H]2C(=O)Nc2cc3cc(C(=O)O)[nH]c3cn2)CC1. The molecule has 9 nitrogen and oxygen atoms in total. The zero-order chi connectivity index (χ0) is 26.8. The minimum Gasteiger partial charge on any atom is -0.477 e. The highest BCUT2D eigenvalue weighted by Gasteiger charge is 2.47. The van der Waals surface area contributed by atoms with Gasteiger partial charge in [0.25, 0.3) is 0 Å². The molecule has 1 saturated heterocycles. The van der Waals surface area contributed by atoms with Gasteiger partial charge in [-0.05, 0) is 62.0 Å². The number of anilines is 1. The Kier molecular flexibility index (Phi) is 7.97. The third-order valence-electron chi connectivity index (χ3n) is 9.14. The molecule has 2 aliphatic carbocycles. The van der Waals surface area contributed by atoms with Crippen LogP contribution in [0.1, 0.15) is 74.7 Å². The zero-order valence-electron chi connectivity index (χ0n) is 21.7. The van der Waals surface area contributed by atoms with E-state index in [0.29, 0.717) is 42.0 Å². The quantitative estimate of drug-likeness (QED) is 0.427. The van der Waals surface area contributed by atoms with Crippen LogP contribution in [0, 0.1) is 23.7 Å². The van der Waals surface area contributed by atoms with E-state index in [9.17, 15) is 23.9 Å². The first-order chi connectivity index (χ1) is 18.4. The van der Waals surface area contributed by atoms with Crippen LogP contribution in [0.5, 0.6) is 0 Å². The predicted molar refractivity (Wildman–Crippen MR) is 141 cm³/mol. The molecule has 5 rings (SSSR count). The van der Waals surface area contributed by atoms with Crippen molar-refractivity contribution in [2.45, 2.75) is 76.3 Å². The first-order valence-electron chi connectivity index (χ1n) is 14.0. The molecular formula is C28H38FN5O4. The molecule has 1 aliphatic heterocycles. The maximum absolute atomic E-state index is 13.8. The molecule has 0 spiro atoms. The average molecular weight is 528 g/mol. The molecule has 0 unspecified atom stereocenters. The van der Waals surface area contributed by atoms with E-state index in [2.05, 4.69) is 15.3 Å². The van der Waals surface area contributed by atoms with E-state index in [1.54, 1.807) is 11.0 Å². The van der Waals surface area contributed by atoms with Gasteiger partial charge in [-0.3, -0.25) is 9.59 Å². The highest BCUT2D eigenvalue weighted by atomic mass is 19.1. The third-order valence-corrected chi connectivity index (χ3v) is 9.14. The molecule has 0 radical (unpaired) electrons. The number of hydrogen-bond donors (Lipinski definition) is 4. The molecule has 206 valence electrons. The molecule has 2 aromatic rings. The van der Waals surface area contributed by atoms with Gasteiger partial charge < -0.3 is 26.0 Å². The fourth-order valence-electron chi connectivity index (χ4n) is 7.03. The van der Waals surface area contributed by atoms with Gasteiger partial charge in [-0.25, -0.2) is 14.2 Å². The van der Waals surface area contributed by atoms with E-state index in [0.717, 1.165) is 44.9 Å². The number of nitrogens with two attached hydrogens (primary N) is 1. The molecule has 0 aromatic carbocycles. The van der Waals surface area contributed by atoms with Gasteiger partial charge in [-0.1, -0.05) is 32.1 Å². The second-order valence-electron chi connectivity index (χ2n) is 11.4. The van der Waals surface area contributed by atoms with Crippen molar-refractivity contribution >= 4 is 34.5 Å². The number of aromatic amines is 1. The van der Waals surface area contributed by atoms with Crippen molar-refractivity contribution in [2.24, 2.45) is 29.4 Å². The van der Waals surface area contributed by atoms with Crippen molar-refractivity contribution in [2.75, 3.05) is 18.5 Å². The minimum atomic E-state index is -1.07. The monoisotopic (exact) mass is 527 g/mol. The lowest BCUT2D eigenvalue weighted by atomic mass is 9.76. The molecule has 3 fully saturated rings. The van der Waals surface area contributed by atoms with Crippen LogP contribution in [-0.2, 0) is 9.59 Å². The number of carboxylic acids is 1. The van der Waals surface area contributed by atoms with Crippen molar-refractivity contribution in [1.29, 1.82) is 0 Å². The van der Waals surface area contributed by atoms with E-state index in [1.165, 1.54) is 18.7 Å². The lowest BCUT2D eigenvalue weighted by Gasteiger charge is -2.36. The lowest BCUT2D eigenvalue weighted by Crippen LogP contribution is -2.50. The Morgan fingerprint density at radius 2 is 1.84 bits per heavy atom. The zero-order valence-corrected chi connectivity index (χ0v) is 21.7. The minimum absolute atomic E-state index is 0.0240. The van der Waals surface area contributed by atoms with Crippen molar-refractivity contribution < 1.29 is 23.9 Å². The Morgan fingerprint density at radius 1 is 1.11 bits per heavy atom. The maximum atomic E-state index is 13.8. The summed E-state index contributed by atoms with van der Waals surface area (Å²) in [7, 11) is 0. The van der Waals surface area contributed by atoms with Crippen LogP contribution in [0.3, 0.4) is 0 Å². The first kappa shape index (κ1) is 26.6. The number of carbonyl (C=O) groups is 3. The van der Waals surface area contributed by atoms with Crippen LogP contribution >= 0.6 is 0 Å². The number of H-pyrrole nitrogens is 1. The van der Waals surface area contributed by atoms with Gasteiger partial charge in [-0.2, -0.15) is 0 Å². The molecule has 5 N–H and O–H groups in total. The molecule has 2 saturated carbocycles. The largest absolute Gasteiger partial charge is 0.477 e. The summed E-state index contributed by atoms with van der Waals surface area (Å²) in [5, 5.41) is 12.8. The summed E-state index contributed by atoms with van der Waals surface area (Å²) in [6.45, 7) is 0.0230. The number of nitrogens with zero attached hydrogens (tertiary/aromatic N) is 2. The van der Waals surface area contributed by atoms with Crippen molar-refractivity contribution in [1.82, 2.24) is 14.9 Å². The van der Waals surface area contributed by atoms with Crippen LogP contribution in [0.25, 0.3) is 10.9 Å². The Labute approximate surface area is 221 Å². The molecule has 3 aliphatic rings. The standard InChI is InChI=1S/C28H38FN5O4/c29-14-21(30)17-6-8-18(9-7-17)27(36)34-11-10-20(16-4-2-1-3-5-16)25(34)26(35)33-24-13-19-12-22(28(37)38)32-23(19)15-31-24/h12-13,15-18,20-21,25,32H,1-11,14,30H2,(H,37,38)(H,31,33,35)/t17?,18?,20-,21+,25-/m0/s1. The maximum Gasteiger partial charge on any atom is 0.352 e. The summed E-state index contributed by atoms with van der Waals surface area (Å²) in [5.74, 6) is -0.492. The van der Waals surface area contributed by atoms with Gasteiger partial charge in [0.05, 0.1) is 11.7 Å². The Balaban J connectivity index is 1.34. The molecule has 0 bridgehead atoms. The van der Waals surface area contributed by atoms with Crippen LogP contribution in [-0.4, -0.2) is 63.1 Å². The van der Waals surface area contributed by atoms with Gasteiger partial charge in [0.2, 0.25) is 11.8 Å². The van der Waals surface area contributed by atoms with Crippen LogP contribution in [0.15, 0.2) is 18.3 Å². The van der Waals surface area contributed by atoms with E-state index < -0.39 is 24.7 Å². The number of halogens is 1. The fourth-order valence-corrected chi connectivity index (χ4v) is 7.03. The number of alkyl halides is 1. The molecule has 2 aromatic heterocycles. The number of hydrogen-bond acceptors (Lipinski definition) is 5. The number of carbonyl (C=O) groups excluding carboxylic acids is 2. The molecular weight excluding hydrogens is 489 g/mol. The molecule has 3 atom stereocenters. The van der Waals surface area contributed by atoms with Crippen molar-refractivity contribution in [3.8, 4) is 0 Å². The second kappa shape index (κ2) is 11.4. The van der Waals surface area contributed by atoms with E-state index in [4.69, 9.17) is 5.73 Å². The number of rotatable bonds is 7. The topological polar surface area (TPSA) is 141 Å². The van der Waals surface area contributed by atoms with Crippen LogP contribution in [0.2, 0.25) is 0 Å². The van der Waals surface area contributed by atoms with Crippen molar-refractivity contribution in [3.63, 3.8) is 0 Å². The molecule has 38 heavy (non-hydrogen) atoms. The fraction of sp³-hybridized carbons (Fsp3) is 0.643. The summed E-state index contributed by atoms with van der Waals surface area (Å²) in [6.07, 6.45) is 10.8. The van der Waals surface area contributed by atoms with Gasteiger partial charge in [0.15, 0.2) is 0 Å². The van der Waals surface area contributed by atoms with Gasteiger partial charge in [0, 0.05) is 23.9 Å². The van der Waals surface area contributed by atoms with Gasteiger partial charge >= 0.3 is 5.97 Å². The Morgan fingerprint density at radius 3 is 2.53 bits per heavy atom. The number of carboxylic acid groups (broad SMARTS) is 1. The third kappa shape index (κ3) is 5.41. The summed E-state index contributed by atoms with van der Waals surface area (Å²) < 4.78 is 13.1. The van der Waals surface area contributed by atoms with Gasteiger partial charge in [0.1, 0.15) is 24.2 Å². The number of amides is 2. The van der Waals surface area contributed by atoms with Crippen LogP contribution < -0.4 is 11.1 Å². The number of pyridine rings is 1. The van der Waals surface area contributed by atoms with Crippen molar-refractivity contribution in [3.05, 3.63) is 24.0 Å². The summed E-state index contributed by atoms with van der Waals surface area (Å²) in [6, 6.07) is 2.14. The first-order valence-corrected chi connectivity index (χ1v) is 14.0. The highest BCUT2D eigenvalue weighted by Crippen LogP contribution is 2.41. The number of aromatic nitrogens is 2. The van der Waals surface area contributed by atoms with Crippen LogP contribution in [0.4, 0.5) is 10.2 Å². The van der Waals surface area contributed by atoms with E-state index in [-0.39, 0.29) is 35.3 Å². The average Bonchev–Trinajstić information content (AvgIpc) is 3.58. The molecule has 2 amide bonds. The number of fused-ring (bicyclic) bond motifs is 1. The smallest absolute Gasteiger partial charge is 0.352 e. The summed E-state index contributed by atoms with van der Waals surface area (Å²) in [5.41, 5.74) is 6.54. The van der Waals surface area contributed by atoms with Gasteiger partial charge in [-0.15, -0.1) is 0 Å². The Hall–Kier alpha value is -3.01. The summed E-state index contributed by atoms with van der Waals surface area (Å²) >= 11 is 0. The molecule has 3 heterocycles. The number of aromatic carboxylic acids is 1. The normalized spacial score (nSPS) is 27.4.